The highest BCUT2D eigenvalue weighted by molar-refractivity contribution is 5.93. The minimum absolute atomic E-state index is 0. The van der Waals surface area contributed by atoms with Crippen LogP contribution in [0.15, 0.2) is 24.5 Å². The maximum absolute atomic E-state index is 12.0. The maximum Gasteiger partial charge on any atom is 0.269 e. The van der Waals surface area contributed by atoms with Gasteiger partial charge in [0.05, 0.1) is 12.1 Å². The van der Waals surface area contributed by atoms with Gasteiger partial charge >= 0.3 is 0 Å². The highest BCUT2D eigenvalue weighted by atomic mass is 16.5. The molecule has 0 aromatic carbocycles. The smallest absolute Gasteiger partial charge is 0.269 e. The van der Waals surface area contributed by atoms with E-state index in [1.807, 2.05) is 30.1 Å². The highest BCUT2D eigenvalue weighted by Gasteiger charge is 2.24. The normalized spacial score (nSPS) is 16.9. The quantitative estimate of drug-likeness (QED) is 0.727. The Labute approximate surface area is 186 Å². The van der Waals surface area contributed by atoms with Crippen LogP contribution in [0.4, 0.5) is 0 Å². The van der Waals surface area contributed by atoms with Crippen LogP contribution in [-0.4, -0.2) is 57.2 Å². The van der Waals surface area contributed by atoms with Gasteiger partial charge in [0.1, 0.15) is 11.4 Å². The molecule has 2 aromatic heterocycles. The Hall–Kier alpha value is -2.68. The Morgan fingerprint density at radius 3 is 2.06 bits per heavy atom. The van der Waals surface area contributed by atoms with Gasteiger partial charge < -0.3 is 15.4 Å². The first-order chi connectivity index (χ1) is 15.0. The summed E-state index contributed by atoms with van der Waals surface area (Å²) in [6.07, 6.45) is 8.77. The molecule has 2 aromatic rings. The van der Waals surface area contributed by atoms with Crippen LogP contribution in [0.5, 0.6) is 0 Å². The van der Waals surface area contributed by atoms with Crippen molar-refractivity contribution in [1.29, 1.82) is 0 Å². The zero-order valence-corrected chi connectivity index (χ0v) is 18.7. The van der Waals surface area contributed by atoms with E-state index in [-0.39, 0.29) is 26.8 Å². The summed E-state index contributed by atoms with van der Waals surface area (Å²) in [5.41, 5.74) is 1.34. The number of carbonyl (C=O) groups excluding carboxylic acids is 2. The molecule has 2 N–H and O–H groups in total. The molecule has 0 unspecified atom stereocenters. The standard InChI is InChI=1S/C12H19N3O2.C10H15N3O.2H2/c1-9(2)14-12(16)11-3-6-13-15(11)10-4-7-17-8-5-10;1-2-11-10(14)9-6-7-12-13(9)8-4-3-5-8;;/h3,6,9-10H,4-5,7-8H2,1-2H3,(H,14,16);6-8H,2-5H2,1H3,(H,11,14);2*1H. The minimum atomic E-state index is -0.0519. The number of carbonyl (C=O) groups is 2. The van der Waals surface area contributed by atoms with Gasteiger partial charge in [0.15, 0.2) is 0 Å². The summed E-state index contributed by atoms with van der Waals surface area (Å²) in [7, 11) is 0. The predicted octanol–water partition coefficient (Wildman–Crippen LogP) is 3.22. The second kappa shape index (κ2) is 11.1. The van der Waals surface area contributed by atoms with Crippen molar-refractivity contribution in [2.24, 2.45) is 0 Å². The third-order valence-electron chi connectivity index (χ3n) is 5.52. The van der Waals surface area contributed by atoms with E-state index < -0.39 is 0 Å². The third kappa shape index (κ3) is 5.94. The van der Waals surface area contributed by atoms with Gasteiger partial charge in [-0.2, -0.15) is 10.2 Å². The van der Waals surface area contributed by atoms with Gasteiger partial charge in [0.25, 0.3) is 11.8 Å². The van der Waals surface area contributed by atoms with Gasteiger partial charge in [-0.25, -0.2) is 0 Å². The summed E-state index contributed by atoms with van der Waals surface area (Å²) in [6, 6.07) is 4.42. The highest BCUT2D eigenvalue weighted by Crippen LogP contribution is 2.31. The largest absolute Gasteiger partial charge is 0.381 e. The van der Waals surface area contributed by atoms with Crippen LogP contribution in [0.1, 0.15) is 88.8 Å². The van der Waals surface area contributed by atoms with Crippen LogP contribution in [0.2, 0.25) is 0 Å². The van der Waals surface area contributed by atoms with Crippen LogP contribution in [0, 0.1) is 0 Å². The van der Waals surface area contributed by atoms with Crippen molar-refractivity contribution in [1.82, 2.24) is 30.2 Å². The minimum Gasteiger partial charge on any atom is -0.381 e. The molecular weight excluding hydrogens is 396 g/mol. The molecule has 9 nitrogen and oxygen atoms in total. The molecule has 9 heteroatoms. The molecule has 0 atom stereocenters. The van der Waals surface area contributed by atoms with Gasteiger partial charge in [-0.3, -0.25) is 19.0 Å². The van der Waals surface area contributed by atoms with Gasteiger partial charge in [-0.1, -0.05) is 0 Å². The van der Waals surface area contributed by atoms with E-state index >= 15 is 0 Å². The molecule has 1 saturated heterocycles. The summed E-state index contributed by atoms with van der Waals surface area (Å²) in [5, 5.41) is 14.2. The molecule has 174 valence electrons. The van der Waals surface area contributed by atoms with Crippen molar-refractivity contribution in [3.05, 3.63) is 35.9 Å². The molecule has 2 aliphatic rings. The fourth-order valence-corrected chi connectivity index (χ4v) is 3.72. The Morgan fingerprint density at radius 1 is 1.03 bits per heavy atom. The number of nitrogens with zero attached hydrogens (tertiary/aromatic N) is 4. The lowest BCUT2D eigenvalue weighted by molar-refractivity contribution is 0.0641. The number of nitrogens with one attached hydrogen (secondary N) is 2. The fourth-order valence-electron chi connectivity index (χ4n) is 3.72. The molecule has 0 radical (unpaired) electrons. The fraction of sp³-hybridized carbons (Fsp3) is 0.636. The van der Waals surface area contributed by atoms with Gasteiger partial charge in [-0.05, 0) is 65.0 Å². The molecule has 1 saturated carbocycles. The molecule has 1 aliphatic heterocycles. The van der Waals surface area contributed by atoms with E-state index in [1.54, 1.807) is 24.5 Å². The van der Waals surface area contributed by atoms with Crippen molar-refractivity contribution in [3.63, 3.8) is 0 Å². The van der Waals surface area contributed by atoms with Crippen LogP contribution in [0.3, 0.4) is 0 Å². The maximum atomic E-state index is 12.0. The second-order valence-electron chi connectivity index (χ2n) is 8.24. The molecule has 31 heavy (non-hydrogen) atoms. The summed E-state index contributed by atoms with van der Waals surface area (Å²) >= 11 is 0. The number of hydrogen-bond acceptors (Lipinski definition) is 5. The monoisotopic (exact) mass is 434 g/mol. The van der Waals surface area contributed by atoms with Gasteiger partial charge in [-0.15, -0.1) is 0 Å². The number of rotatable bonds is 6. The average molecular weight is 435 g/mol. The second-order valence-corrected chi connectivity index (χ2v) is 8.24. The number of amides is 2. The first kappa shape index (κ1) is 23.0. The summed E-state index contributed by atoms with van der Waals surface area (Å²) < 4.78 is 9.01. The molecule has 2 amide bonds. The van der Waals surface area contributed by atoms with Crippen molar-refractivity contribution in [2.45, 2.75) is 71.0 Å². The predicted molar refractivity (Wildman–Crippen MR) is 121 cm³/mol. The molecule has 1 aliphatic carbocycles. The number of ether oxygens (including phenoxy) is 1. The van der Waals surface area contributed by atoms with Crippen LogP contribution in [0.25, 0.3) is 0 Å². The van der Waals surface area contributed by atoms with E-state index in [2.05, 4.69) is 20.8 Å². The Kier molecular flexibility index (Phi) is 8.22. The SMILES string of the molecule is CC(C)NC(=O)c1ccnn1C1CCOCC1.CCNC(=O)c1ccnn1C1CCC1.[HH].[HH]. The van der Waals surface area contributed by atoms with Crippen molar-refractivity contribution in [2.75, 3.05) is 19.8 Å². The Bertz CT molecular complexity index is 860. The summed E-state index contributed by atoms with van der Waals surface area (Å²) in [5.74, 6) is -0.0686. The first-order valence-electron chi connectivity index (χ1n) is 11.2. The first-order valence-corrected chi connectivity index (χ1v) is 11.2. The lowest BCUT2D eigenvalue weighted by atomic mass is 9.93. The number of hydrogen-bond donors (Lipinski definition) is 2. The molecule has 4 rings (SSSR count). The van der Waals surface area contributed by atoms with Gasteiger partial charge in [0, 0.05) is 41.0 Å². The van der Waals surface area contributed by atoms with E-state index in [0.29, 0.717) is 24.0 Å². The van der Waals surface area contributed by atoms with E-state index in [4.69, 9.17) is 4.74 Å². The van der Waals surface area contributed by atoms with Crippen molar-refractivity contribution >= 4 is 11.8 Å². The van der Waals surface area contributed by atoms with E-state index in [0.717, 1.165) is 38.9 Å². The van der Waals surface area contributed by atoms with Crippen LogP contribution in [-0.2, 0) is 4.74 Å². The molecule has 0 bridgehead atoms. The molecule has 2 fully saturated rings. The molecule has 3 heterocycles. The summed E-state index contributed by atoms with van der Waals surface area (Å²) in [6.45, 7) is 7.97. The average Bonchev–Trinajstić information content (AvgIpc) is 3.37. The van der Waals surface area contributed by atoms with E-state index in [1.165, 1.54) is 6.42 Å². The topological polar surface area (TPSA) is 103 Å². The molecule has 0 spiro atoms. The Morgan fingerprint density at radius 2 is 1.58 bits per heavy atom. The van der Waals surface area contributed by atoms with Crippen LogP contribution >= 0.6 is 0 Å². The van der Waals surface area contributed by atoms with Crippen molar-refractivity contribution < 1.29 is 17.2 Å². The van der Waals surface area contributed by atoms with Gasteiger partial charge in [0.2, 0.25) is 0 Å². The lowest BCUT2D eigenvalue weighted by Gasteiger charge is -2.27. The lowest BCUT2D eigenvalue weighted by Crippen LogP contribution is -2.33. The zero-order valence-electron chi connectivity index (χ0n) is 18.7. The van der Waals surface area contributed by atoms with Crippen molar-refractivity contribution in [3.8, 4) is 0 Å². The number of aromatic nitrogens is 4. The summed E-state index contributed by atoms with van der Waals surface area (Å²) in [4.78, 5) is 23.6. The van der Waals surface area contributed by atoms with E-state index in [9.17, 15) is 9.59 Å². The molecular formula is C22H38N6O3. The third-order valence-corrected chi connectivity index (χ3v) is 5.52. The Balaban J connectivity index is 0.000000316. The zero-order chi connectivity index (χ0) is 22.2. The van der Waals surface area contributed by atoms with Crippen LogP contribution < -0.4 is 10.6 Å².